The Balaban J connectivity index is 2.08. The fraction of sp³-hybridized carbons (Fsp3) is 0.133. The molecular weight excluding hydrogens is 224 g/mol. The summed E-state index contributed by atoms with van der Waals surface area (Å²) in [5.74, 6) is 0. The zero-order chi connectivity index (χ0) is 12.8. The summed E-state index contributed by atoms with van der Waals surface area (Å²) in [5, 5.41) is 0. The van der Waals surface area contributed by atoms with Crippen LogP contribution in [0.4, 0.5) is 4.79 Å². The first-order valence-corrected chi connectivity index (χ1v) is 5.88. The van der Waals surface area contributed by atoms with Crippen LogP contribution in [0, 0.1) is 0 Å². The van der Waals surface area contributed by atoms with Crippen LogP contribution in [0.3, 0.4) is 0 Å². The highest BCUT2D eigenvalue weighted by Gasteiger charge is 2.10. The second-order valence-electron chi connectivity index (χ2n) is 4.17. The number of nitrogens with zero attached hydrogens (tertiary/aromatic N) is 1. The molecule has 0 radical (unpaired) electrons. The summed E-state index contributed by atoms with van der Waals surface area (Å²) < 4.78 is 0. The van der Waals surface area contributed by atoms with Gasteiger partial charge in [0.05, 0.1) is 0 Å². The molecule has 2 aromatic carbocycles. The van der Waals surface area contributed by atoms with Crippen LogP contribution in [0.25, 0.3) is 0 Å². The lowest BCUT2D eigenvalue weighted by Crippen LogP contribution is -2.34. The molecule has 2 amide bonds. The van der Waals surface area contributed by atoms with Crippen LogP contribution in [0.2, 0.25) is 0 Å². The van der Waals surface area contributed by atoms with Gasteiger partial charge in [-0.3, -0.25) is 0 Å². The van der Waals surface area contributed by atoms with E-state index in [1.165, 1.54) is 0 Å². The van der Waals surface area contributed by atoms with Crippen molar-refractivity contribution in [1.29, 1.82) is 0 Å². The van der Waals surface area contributed by atoms with Crippen molar-refractivity contribution in [3.05, 3.63) is 71.8 Å². The summed E-state index contributed by atoms with van der Waals surface area (Å²) in [7, 11) is 0. The fourth-order valence-corrected chi connectivity index (χ4v) is 1.82. The van der Waals surface area contributed by atoms with Crippen LogP contribution < -0.4 is 5.73 Å². The standard InChI is InChI=1S/C15H16N2O/c16-15(18)17(11-13-7-3-1-4-8-13)12-14-9-5-2-6-10-14/h1-10H,11-12H2,(H2,16,18). The van der Waals surface area contributed by atoms with Crippen LogP contribution in [0.1, 0.15) is 11.1 Å². The minimum atomic E-state index is -0.400. The number of rotatable bonds is 4. The van der Waals surface area contributed by atoms with Crippen molar-refractivity contribution in [3.8, 4) is 0 Å². The number of hydrogen-bond donors (Lipinski definition) is 1. The predicted molar refractivity (Wildman–Crippen MR) is 71.7 cm³/mol. The van der Waals surface area contributed by atoms with Crippen molar-refractivity contribution in [2.45, 2.75) is 13.1 Å². The Kier molecular flexibility index (Phi) is 3.97. The highest BCUT2D eigenvalue weighted by atomic mass is 16.2. The quantitative estimate of drug-likeness (QED) is 0.877. The molecule has 3 nitrogen and oxygen atoms in total. The predicted octanol–water partition coefficient (Wildman–Crippen LogP) is 2.77. The molecule has 0 heterocycles. The van der Waals surface area contributed by atoms with Crippen molar-refractivity contribution in [1.82, 2.24) is 4.90 Å². The van der Waals surface area contributed by atoms with E-state index in [1.807, 2.05) is 60.7 Å². The molecule has 0 saturated heterocycles. The second-order valence-corrected chi connectivity index (χ2v) is 4.17. The van der Waals surface area contributed by atoms with Gasteiger partial charge in [-0.25, -0.2) is 4.79 Å². The van der Waals surface area contributed by atoms with E-state index in [1.54, 1.807) is 4.90 Å². The number of carbonyl (C=O) groups excluding carboxylic acids is 1. The topological polar surface area (TPSA) is 46.3 Å². The zero-order valence-corrected chi connectivity index (χ0v) is 10.1. The van der Waals surface area contributed by atoms with E-state index in [9.17, 15) is 4.79 Å². The van der Waals surface area contributed by atoms with Crippen molar-refractivity contribution >= 4 is 6.03 Å². The highest BCUT2D eigenvalue weighted by molar-refractivity contribution is 5.72. The maximum absolute atomic E-state index is 11.5. The molecule has 0 aliphatic rings. The smallest absolute Gasteiger partial charge is 0.315 e. The highest BCUT2D eigenvalue weighted by Crippen LogP contribution is 2.09. The molecule has 0 fully saturated rings. The molecule has 0 aliphatic carbocycles. The molecular formula is C15H16N2O. The first-order chi connectivity index (χ1) is 8.75. The Morgan fingerprint density at radius 3 is 1.56 bits per heavy atom. The Bertz CT molecular complexity index is 455. The largest absolute Gasteiger partial charge is 0.351 e. The molecule has 0 unspecified atom stereocenters. The van der Waals surface area contributed by atoms with Gasteiger partial charge in [-0.2, -0.15) is 0 Å². The SMILES string of the molecule is NC(=O)N(Cc1ccccc1)Cc1ccccc1. The third kappa shape index (κ3) is 3.35. The van der Waals surface area contributed by atoms with Crippen LogP contribution in [-0.2, 0) is 13.1 Å². The number of benzene rings is 2. The zero-order valence-electron chi connectivity index (χ0n) is 10.1. The second kappa shape index (κ2) is 5.87. The van der Waals surface area contributed by atoms with E-state index >= 15 is 0 Å². The van der Waals surface area contributed by atoms with Crippen LogP contribution in [-0.4, -0.2) is 10.9 Å². The van der Waals surface area contributed by atoms with Gasteiger partial charge in [0.25, 0.3) is 0 Å². The number of amides is 2. The normalized spacial score (nSPS) is 10.0. The van der Waals surface area contributed by atoms with E-state index in [0.29, 0.717) is 13.1 Å². The lowest BCUT2D eigenvalue weighted by molar-refractivity contribution is 0.202. The number of urea groups is 1. The maximum Gasteiger partial charge on any atom is 0.315 e. The molecule has 0 bridgehead atoms. The number of primary amides is 1. The summed E-state index contributed by atoms with van der Waals surface area (Å²) >= 11 is 0. The Labute approximate surface area is 107 Å². The number of carbonyl (C=O) groups is 1. The molecule has 0 saturated carbocycles. The monoisotopic (exact) mass is 240 g/mol. The molecule has 2 rings (SSSR count). The van der Waals surface area contributed by atoms with Gasteiger partial charge < -0.3 is 10.6 Å². The molecule has 2 aromatic rings. The molecule has 0 atom stereocenters. The third-order valence-corrected chi connectivity index (χ3v) is 2.74. The van der Waals surface area contributed by atoms with E-state index in [2.05, 4.69) is 0 Å². The van der Waals surface area contributed by atoms with Crippen molar-refractivity contribution in [2.24, 2.45) is 5.73 Å². The van der Waals surface area contributed by atoms with Crippen LogP contribution in [0.15, 0.2) is 60.7 Å². The molecule has 18 heavy (non-hydrogen) atoms. The number of hydrogen-bond acceptors (Lipinski definition) is 1. The molecule has 3 heteroatoms. The van der Waals surface area contributed by atoms with Gasteiger partial charge in [0.1, 0.15) is 0 Å². The number of nitrogens with two attached hydrogens (primary N) is 1. The molecule has 0 aliphatic heterocycles. The average Bonchev–Trinajstić information content (AvgIpc) is 2.40. The van der Waals surface area contributed by atoms with E-state index in [0.717, 1.165) is 11.1 Å². The minimum absolute atomic E-state index is 0.400. The molecule has 2 N–H and O–H groups in total. The van der Waals surface area contributed by atoms with Gasteiger partial charge in [-0.05, 0) is 11.1 Å². The Hall–Kier alpha value is -2.29. The average molecular weight is 240 g/mol. The summed E-state index contributed by atoms with van der Waals surface area (Å²) in [6, 6.07) is 19.3. The van der Waals surface area contributed by atoms with E-state index in [-0.39, 0.29) is 0 Å². The van der Waals surface area contributed by atoms with Gasteiger partial charge >= 0.3 is 6.03 Å². The van der Waals surface area contributed by atoms with Gasteiger partial charge in [-0.1, -0.05) is 60.7 Å². The Morgan fingerprint density at radius 1 is 0.833 bits per heavy atom. The van der Waals surface area contributed by atoms with Crippen molar-refractivity contribution in [2.75, 3.05) is 0 Å². The van der Waals surface area contributed by atoms with Gasteiger partial charge in [0.2, 0.25) is 0 Å². The van der Waals surface area contributed by atoms with Gasteiger partial charge in [-0.15, -0.1) is 0 Å². The summed E-state index contributed by atoms with van der Waals surface area (Å²) in [5.41, 5.74) is 7.57. The first-order valence-electron chi connectivity index (χ1n) is 5.88. The summed E-state index contributed by atoms with van der Waals surface area (Å²) in [6.45, 7) is 1.07. The molecule has 0 aromatic heterocycles. The summed E-state index contributed by atoms with van der Waals surface area (Å²) in [4.78, 5) is 13.1. The summed E-state index contributed by atoms with van der Waals surface area (Å²) in [6.07, 6.45) is 0. The third-order valence-electron chi connectivity index (χ3n) is 2.74. The molecule has 0 spiro atoms. The Morgan fingerprint density at radius 2 is 1.22 bits per heavy atom. The minimum Gasteiger partial charge on any atom is -0.351 e. The van der Waals surface area contributed by atoms with E-state index in [4.69, 9.17) is 5.73 Å². The van der Waals surface area contributed by atoms with Crippen LogP contribution in [0.5, 0.6) is 0 Å². The van der Waals surface area contributed by atoms with Crippen molar-refractivity contribution in [3.63, 3.8) is 0 Å². The first kappa shape index (κ1) is 12.2. The lowest BCUT2D eigenvalue weighted by atomic mass is 10.2. The fourth-order valence-electron chi connectivity index (χ4n) is 1.82. The van der Waals surface area contributed by atoms with Crippen LogP contribution >= 0.6 is 0 Å². The molecule has 92 valence electrons. The van der Waals surface area contributed by atoms with Crippen molar-refractivity contribution < 1.29 is 4.79 Å². The van der Waals surface area contributed by atoms with E-state index < -0.39 is 6.03 Å². The maximum atomic E-state index is 11.5. The van der Waals surface area contributed by atoms with Gasteiger partial charge in [0, 0.05) is 13.1 Å². The lowest BCUT2D eigenvalue weighted by Gasteiger charge is -2.20. The van der Waals surface area contributed by atoms with Gasteiger partial charge in [0.15, 0.2) is 0 Å².